The minimum Gasteiger partial charge on any atom is -0.383 e. The van der Waals surface area contributed by atoms with Crippen LogP contribution in [0.15, 0.2) is 28.7 Å². The lowest BCUT2D eigenvalue weighted by molar-refractivity contribution is 0.335. The van der Waals surface area contributed by atoms with Gasteiger partial charge in [-0.05, 0) is 46.9 Å². The normalized spacial score (nSPS) is 20.7. The summed E-state index contributed by atoms with van der Waals surface area (Å²) in [6.45, 7) is 7.04. The molecule has 1 aromatic rings. The van der Waals surface area contributed by atoms with Crippen LogP contribution in [0.4, 0.5) is 5.69 Å². The quantitative estimate of drug-likeness (QED) is 0.893. The van der Waals surface area contributed by atoms with Gasteiger partial charge in [-0.1, -0.05) is 25.5 Å². The van der Waals surface area contributed by atoms with E-state index in [1.165, 1.54) is 31.6 Å². The maximum atomic E-state index is 3.55. The van der Waals surface area contributed by atoms with Crippen LogP contribution in [-0.4, -0.2) is 31.1 Å². The molecule has 3 heteroatoms. The van der Waals surface area contributed by atoms with Crippen LogP contribution in [-0.2, 0) is 0 Å². The maximum Gasteiger partial charge on any atom is 0.0485 e. The van der Waals surface area contributed by atoms with Crippen LogP contribution in [0.2, 0.25) is 0 Å². The third-order valence-electron chi connectivity index (χ3n) is 3.56. The molecular formula is C14H21BrN2. The molecule has 2 rings (SSSR count). The molecule has 1 N–H and O–H groups in total. The zero-order valence-corrected chi connectivity index (χ0v) is 12.0. The molecule has 0 aromatic heterocycles. The topological polar surface area (TPSA) is 15.3 Å². The monoisotopic (exact) mass is 296 g/mol. The van der Waals surface area contributed by atoms with Crippen LogP contribution in [0.5, 0.6) is 0 Å². The fraction of sp³-hybridized carbons (Fsp3) is 0.571. The molecule has 1 heterocycles. The van der Waals surface area contributed by atoms with Gasteiger partial charge in [0.25, 0.3) is 0 Å². The second-order valence-electron chi connectivity index (χ2n) is 4.77. The molecule has 1 saturated heterocycles. The van der Waals surface area contributed by atoms with E-state index in [1.807, 2.05) is 6.07 Å². The van der Waals surface area contributed by atoms with E-state index in [0.29, 0.717) is 0 Å². The first-order valence-corrected chi connectivity index (χ1v) is 7.29. The number of benzene rings is 1. The Morgan fingerprint density at radius 2 is 2.24 bits per heavy atom. The van der Waals surface area contributed by atoms with E-state index in [-0.39, 0.29) is 0 Å². The van der Waals surface area contributed by atoms with Crippen molar-refractivity contribution >= 4 is 21.6 Å². The summed E-state index contributed by atoms with van der Waals surface area (Å²) in [7, 11) is 0. The van der Waals surface area contributed by atoms with Crippen LogP contribution in [0.25, 0.3) is 0 Å². The van der Waals surface area contributed by atoms with Gasteiger partial charge in [-0.3, -0.25) is 0 Å². The molecule has 2 nitrogen and oxygen atoms in total. The summed E-state index contributed by atoms with van der Waals surface area (Å²) in [6, 6.07) is 8.30. The fourth-order valence-electron chi connectivity index (χ4n) is 2.40. The van der Waals surface area contributed by atoms with Crippen molar-refractivity contribution in [3.8, 4) is 0 Å². The smallest absolute Gasteiger partial charge is 0.0485 e. The Morgan fingerprint density at radius 3 is 2.94 bits per heavy atom. The average molecular weight is 297 g/mol. The van der Waals surface area contributed by atoms with Crippen molar-refractivity contribution in [2.75, 3.05) is 31.5 Å². The first kappa shape index (κ1) is 12.9. The molecule has 0 bridgehead atoms. The van der Waals surface area contributed by atoms with E-state index in [2.05, 4.69) is 51.3 Å². The Balaban J connectivity index is 1.72. The summed E-state index contributed by atoms with van der Waals surface area (Å²) < 4.78 is 1.15. The standard InChI is InChI=1S/C14H21BrN2/c1-2-12-7-9-17(11-12)10-8-16-14-6-4-3-5-13(14)15/h3-6,12,16H,2,7-11H2,1H3. The lowest BCUT2D eigenvalue weighted by atomic mass is 10.1. The molecule has 0 spiro atoms. The molecule has 1 aliphatic rings. The number of hydrogen-bond acceptors (Lipinski definition) is 2. The highest BCUT2D eigenvalue weighted by Crippen LogP contribution is 2.21. The van der Waals surface area contributed by atoms with Crippen LogP contribution in [0, 0.1) is 5.92 Å². The van der Waals surface area contributed by atoms with E-state index in [1.54, 1.807) is 0 Å². The molecule has 1 fully saturated rings. The van der Waals surface area contributed by atoms with Gasteiger partial charge < -0.3 is 10.2 Å². The number of nitrogens with zero attached hydrogens (tertiary/aromatic N) is 1. The predicted octanol–water partition coefficient (Wildman–Crippen LogP) is 3.59. The summed E-state index contributed by atoms with van der Waals surface area (Å²) in [6.07, 6.45) is 2.71. The zero-order chi connectivity index (χ0) is 12.1. The highest BCUT2D eigenvalue weighted by molar-refractivity contribution is 9.10. The van der Waals surface area contributed by atoms with E-state index < -0.39 is 0 Å². The van der Waals surface area contributed by atoms with Gasteiger partial charge in [-0.15, -0.1) is 0 Å². The van der Waals surface area contributed by atoms with E-state index in [9.17, 15) is 0 Å². The van der Waals surface area contributed by atoms with Crippen molar-refractivity contribution in [1.82, 2.24) is 4.90 Å². The third-order valence-corrected chi connectivity index (χ3v) is 4.26. The summed E-state index contributed by atoms with van der Waals surface area (Å²) >= 11 is 3.55. The van der Waals surface area contributed by atoms with Gasteiger partial charge in [0.15, 0.2) is 0 Å². The van der Waals surface area contributed by atoms with Crippen molar-refractivity contribution in [2.45, 2.75) is 19.8 Å². The Morgan fingerprint density at radius 1 is 1.41 bits per heavy atom. The van der Waals surface area contributed by atoms with Gasteiger partial charge in [0, 0.05) is 29.8 Å². The summed E-state index contributed by atoms with van der Waals surface area (Å²) in [5.41, 5.74) is 1.19. The molecular weight excluding hydrogens is 276 g/mol. The first-order valence-electron chi connectivity index (χ1n) is 6.50. The molecule has 94 valence electrons. The fourth-order valence-corrected chi connectivity index (χ4v) is 2.83. The van der Waals surface area contributed by atoms with Crippen molar-refractivity contribution in [3.05, 3.63) is 28.7 Å². The lowest BCUT2D eigenvalue weighted by Gasteiger charge is -2.16. The van der Waals surface area contributed by atoms with E-state index in [0.717, 1.165) is 23.5 Å². The third kappa shape index (κ3) is 3.71. The molecule has 0 aliphatic carbocycles. The Bertz CT molecular complexity index is 354. The number of hydrogen-bond donors (Lipinski definition) is 1. The number of nitrogens with one attached hydrogen (secondary N) is 1. The van der Waals surface area contributed by atoms with Crippen LogP contribution >= 0.6 is 15.9 Å². The molecule has 1 aliphatic heterocycles. The van der Waals surface area contributed by atoms with Crippen LogP contribution in [0.1, 0.15) is 19.8 Å². The lowest BCUT2D eigenvalue weighted by Crippen LogP contribution is -2.27. The molecule has 0 amide bonds. The number of rotatable bonds is 5. The number of para-hydroxylation sites is 1. The second-order valence-corrected chi connectivity index (χ2v) is 5.62. The van der Waals surface area contributed by atoms with Gasteiger partial charge in [-0.2, -0.15) is 0 Å². The highest BCUT2D eigenvalue weighted by Gasteiger charge is 2.19. The van der Waals surface area contributed by atoms with Crippen LogP contribution < -0.4 is 5.32 Å². The SMILES string of the molecule is CCC1CCN(CCNc2ccccc2Br)C1. The van der Waals surface area contributed by atoms with Crippen molar-refractivity contribution in [3.63, 3.8) is 0 Å². The molecule has 0 radical (unpaired) electrons. The maximum absolute atomic E-state index is 3.55. The summed E-state index contributed by atoms with van der Waals surface area (Å²) in [4.78, 5) is 2.57. The number of likely N-dealkylation sites (tertiary alicyclic amines) is 1. The number of halogens is 1. The average Bonchev–Trinajstić information content (AvgIpc) is 2.80. The zero-order valence-electron chi connectivity index (χ0n) is 10.5. The largest absolute Gasteiger partial charge is 0.383 e. The highest BCUT2D eigenvalue weighted by atomic mass is 79.9. The molecule has 1 atom stereocenters. The summed E-state index contributed by atoms with van der Waals surface area (Å²) in [5.74, 6) is 0.929. The summed E-state index contributed by atoms with van der Waals surface area (Å²) in [5, 5.41) is 3.48. The van der Waals surface area contributed by atoms with Crippen LogP contribution in [0.3, 0.4) is 0 Å². The van der Waals surface area contributed by atoms with Gasteiger partial charge in [-0.25, -0.2) is 0 Å². The molecule has 17 heavy (non-hydrogen) atoms. The molecule has 1 aromatic carbocycles. The van der Waals surface area contributed by atoms with Crippen molar-refractivity contribution in [1.29, 1.82) is 0 Å². The minimum absolute atomic E-state index is 0.929. The minimum atomic E-state index is 0.929. The molecule has 0 saturated carbocycles. The second kappa shape index (κ2) is 6.41. The van der Waals surface area contributed by atoms with E-state index >= 15 is 0 Å². The first-order chi connectivity index (χ1) is 8.29. The van der Waals surface area contributed by atoms with Crippen molar-refractivity contribution < 1.29 is 0 Å². The van der Waals surface area contributed by atoms with Crippen molar-refractivity contribution in [2.24, 2.45) is 5.92 Å². The Labute approximate surface area is 113 Å². The Kier molecular flexibility index (Phi) is 4.86. The van der Waals surface area contributed by atoms with Gasteiger partial charge in [0.2, 0.25) is 0 Å². The van der Waals surface area contributed by atoms with Gasteiger partial charge in [0.05, 0.1) is 0 Å². The van der Waals surface area contributed by atoms with E-state index in [4.69, 9.17) is 0 Å². The predicted molar refractivity (Wildman–Crippen MR) is 77.5 cm³/mol. The Hall–Kier alpha value is -0.540. The number of anilines is 1. The van der Waals surface area contributed by atoms with Gasteiger partial charge >= 0.3 is 0 Å². The molecule has 1 unspecified atom stereocenters. The van der Waals surface area contributed by atoms with Gasteiger partial charge in [0.1, 0.15) is 0 Å².